The zero-order valence-electron chi connectivity index (χ0n) is 15.1. The van der Waals surface area contributed by atoms with Crippen molar-refractivity contribution in [1.29, 1.82) is 0 Å². The Labute approximate surface area is 156 Å². The van der Waals surface area contributed by atoms with Crippen molar-refractivity contribution in [1.82, 2.24) is 4.90 Å². The first-order chi connectivity index (χ1) is 12.7. The summed E-state index contributed by atoms with van der Waals surface area (Å²) in [5, 5.41) is 0. The second-order valence-electron chi connectivity index (χ2n) is 6.59. The lowest BCUT2D eigenvalue weighted by atomic mass is 9.96. The van der Waals surface area contributed by atoms with E-state index in [9.17, 15) is 4.79 Å². The fourth-order valence-electron chi connectivity index (χ4n) is 3.54. The van der Waals surface area contributed by atoms with Gasteiger partial charge in [0.15, 0.2) is 0 Å². The van der Waals surface area contributed by atoms with E-state index in [4.69, 9.17) is 0 Å². The molecule has 1 heterocycles. The molecule has 132 valence electrons. The fourth-order valence-corrected chi connectivity index (χ4v) is 3.54. The van der Waals surface area contributed by atoms with Crippen LogP contribution in [0, 0.1) is 0 Å². The first kappa shape index (κ1) is 17.9. The Morgan fingerprint density at radius 3 is 2.27 bits per heavy atom. The van der Waals surface area contributed by atoms with Crippen LogP contribution >= 0.6 is 0 Å². The third kappa shape index (κ3) is 3.85. The molecule has 1 aliphatic rings. The van der Waals surface area contributed by atoms with Crippen molar-refractivity contribution in [3.05, 3.63) is 97.6 Å². The van der Waals surface area contributed by atoms with Crippen LogP contribution in [0.4, 0.5) is 0 Å². The summed E-state index contributed by atoms with van der Waals surface area (Å²) < 4.78 is 0. The van der Waals surface area contributed by atoms with Crippen LogP contribution in [-0.4, -0.2) is 22.9 Å². The predicted molar refractivity (Wildman–Crippen MR) is 109 cm³/mol. The van der Waals surface area contributed by atoms with Gasteiger partial charge in [0.1, 0.15) is 0 Å². The normalized spacial score (nSPS) is 19.2. The summed E-state index contributed by atoms with van der Waals surface area (Å²) in [7, 11) is 0. The summed E-state index contributed by atoms with van der Waals surface area (Å²) in [4.78, 5) is 15.2. The quantitative estimate of drug-likeness (QED) is 0.621. The molecular weight excluding hydrogens is 318 g/mol. The molecule has 0 N–H and O–H groups in total. The Bertz CT molecular complexity index is 789. The number of carbonyl (C=O) groups excluding carboxylic acids is 1. The van der Waals surface area contributed by atoms with Gasteiger partial charge >= 0.3 is 0 Å². The minimum atomic E-state index is 0.0625. The van der Waals surface area contributed by atoms with Gasteiger partial charge in [0, 0.05) is 11.6 Å². The topological polar surface area (TPSA) is 20.3 Å². The van der Waals surface area contributed by atoms with Gasteiger partial charge in [-0.05, 0) is 42.5 Å². The molecule has 2 nitrogen and oxygen atoms in total. The van der Waals surface area contributed by atoms with E-state index >= 15 is 0 Å². The average Bonchev–Trinajstić information content (AvgIpc) is 2.69. The lowest BCUT2D eigenvalue weighted by Gasteiger charge is -2.39. The van der Waals surface area contributed by atoms with Gasteiger partial charge in [-0.1, -0.05) is 66.8 Å². The molecule has 0 aliphatic carbocycles. The number of rotatable bonds is 6. The lowest BCUT2D eigenvalue weighted by Crippen LogP contribution is -2.48. The third-order valence-corrected chi connectivity index (χ3v) is 4.84. The van der Waals surface area contributed by atoms with Crippen LogP contribution in [-0.2, 0) is 0 Å². The Morgan fingerprint density at radius 2 is 1.62 bits per heavy atom. The molecule has 3 rings (SSSR count). The zero-order valence-corrected chi connectivity index (χ0v) is 15.1. The largest absolute Gasteiger partial charge is 0.328 e. The summed E-state index contributed by atoms with van der Waals surface area (Å²) in [6.07, 6.45) is 10.5. The van der Waals surface area contributed by atoms with E-state index in [1.54, 1.807) is 0 Å². The minimum Gasteiger partial charge on any atom is -0.328 e. The maximum absolute atomic E-state index is 13.2. The van der Waals surface area contributed by atoms with E-state index in [1.807, 2.05) is 59.5 Å². The van der Waals surface area contributed by atoms with Crippen molar-refractivity contribution >= 4 is 5.91 Å². The molecule has 2 aromatic carbocycles. The second-order valence-corrected chi connectivity index (χ2v) is 6.59. The maximum Gasteiger partial charge on any atom is 0.254 e. The molecule has 0 spiro atoms. The molecule has 2 atom stereocenters. The van der Waals surface area contributed by atoms with Gasteiger partial charge in [0.05, 0.1) is 6.04 Å². The van der Waals surface area contributed by atoms with E-state index < -0.39 is 0 Å². The van der Waals surface area contributed by atoms with E-state index in [-0.39, 0.29) is 18.0 Å². The van der Waals surface area contributed by atoms with Gasteiger partial charge in [-0.3, -0.25) is 4.79 Å². The highest BCUT2D eigenvalue weighted by molar-refractivity contribution is 5.95. The third-order valence-electron chi connectivity index (χ3n) is 4.84. The van der Waals surface area contributed by atoms with Crippen LogP contribution in [0.1, 0.15) is 29.6 Å². The number of amides is 1. The molecule has 1 aliphatic heterocycles. The Kier molecular flexibility index (Phi) is 5.85. The summed E-state index contributed by atoms with van der Waals surface area (Å²) in [6.45, 7) is 7.70. The molecule has 1 amide bonds. The molecule has 0 saturated heterocycles. The van der Waals surface area contributed by atoms with E-state index in [2.05, 4.69) is 37.4 Å². The van der Waals surface area contributed by atoms with Crippen LogP contribution in [0.5, 0.6) is 0 Å². The smallest absolute Gasteiger partial charge is 0.254 e. The molecule has 2 heteroatoms. The summed E-state index contributed by atoms with van der Waals surface area (Å²) in [5.74, 6) is 0.0765. The van der Waals surface area contributed by atoms with E-state index in [0.29, 0.717) is 0 Å². The Balaban J connectivity index is 1.86. The van der Waals surface area contributed by atoms with Crippen LogP contribution < -0.4 is 0 Å². The summed E-state index contributed by atoms with van der Waals surface area (Å²) in [6, 6.07) is 18.3. The van der Waals surface area contributed by atoms with Gasteiger partial charge in [-0.2, -0.15) is 0 Å². The van der Waals surface area contributed by atoms with Gasteiger partial charge in [-0.15, -0.1) is 13.2 Å². The van der Waals surface area contributed by atoms with Crippen LogP contribution in [0.3, 0.4) is 0 Å². The van der Waals surface area contributed by atoms with Crippen molar-refractivity contribution in [2.45, 2.75) is 31.3 Å². The molecule has 0 aromatic heterocycles. The van der Waals surface area contributed by atoms with Crippen molar-refractivity contribution in [3.8, 4) is 11.1 Å². The van der Waals surface area contributed by atoms with Gasteiger partial charge in [0.2, 0.25) is 0 Å². The minimum absolute atomic E-state index is 0.0625. The molecule has 0 bridgehead atoms. The van der Waals surface area contributed by atoms with Crippen LogP contribution in [0.25, 0.3) is 11.1 Å². The first-order valence-electron chi connectivity index (χ1n) is 9.11. The first-order valence-corrected chi connectivity index (χ1v) is 9.11. The fraction of sp³-hybridized carbons (Fsp3) is 0.208. The number of carbonyl (C=O) groups is 1. The molecular formula is C24H25NO. The lowest BCUT2D eigenvalue weighted by molar-refractivity contribution is 0.0607. The van der Waals surface area contributed by atoms with Crippen molar-refractivity contribution < 1.29 is 4.79 Å². The van der Waals surface area contributed by atoms with Crippen molar-refractivity contribution in [2.75, 3.05) is 0 Å². The molecule has 2 aromatic rings. The summed E-state index contributed by atoms with van der Waals surface area (Å²) in [5.41, 5.74) is 3.00. The maximum atomic E-state index is 13.2. The number of hydrogen-bond donors (Lipinski definition) is 0. The van der Waals surface area contributed by atoms with Gasteiger partial charge in [-0.25, -0.2) is 0 Å². The average molecular weight is 343 g/mol. The highest BCUT2D eigenvalue weighted by atomic mass is 16.2. The molecule has 0 fully saturated rings. The Hall–Kier alpha value is -2.87. The van der Waals surface area contributed by atoms with Gasteiger partial charge in [0.25, 0.3) is 5.91 Å². The monoisotopic (exact) mass is 343 g/mol. The zero-order chi connectivity index (χ0) is 18.4. The molecule has 0 saturated carbocycles. The SMILES string of the molecule is C=CCC1C=CCC(CC=C)N1C(=O)c1ccc(-c2ccccc2)cc1. The van der Waals surface area contributed by atoms with E-state index in [1.165, 1.54) is 0 Å². The Morgan fingerprint density at radius 1 is 0.962 bits per heavy atom. The summed E-state index contributed by atoms with van der Waals surface area (Å²) >= 11 is 0. The number of nitrogens with zero attached hydrogens (tertiary/aromatic N) is 1. The molecule has 26 heavy (non-hydrogen) atoms. The molecule has 0 radical (unpaired) electrons. The highest BCUT2D eigenvalue weighted by Gasteiger charge is 2.30. The van der Waals surface area contributed by atoms with Crippen molar-refractivity contribution in [3.63, 3.8) is 0 Å². The van der Waals surface area contributed by atoms with Crippen LogP contribution in [0.15, 0.2) is 92.1 Å². The highest BCUT2D eigenvalue weighted by Crippen LogP contribution is 2.26. The van der Waals surface area contributed by atoms with Crippen molar-refractivity contribution in [2.24, 2.45) is 0 Å². The second kappa shape index (κ2) is 8.48. The predicted octanol–water partition coefficient (Wildman–Crippen LogP) is 5.65. The molecule has 2 unspecified atom stereocenters. The number of benzene rings is 2. The standard InChI is InChI=1S/C24H25NO/c1-3-9-22-13-8-14-23(10-4-2)25(22)24(26)21-17-15-20(16-18-21)19-11-6-5-7-12-19/h3-8,11-13,15-18,22-23H,1-2,9-10,14H2. The van der Waals surface area contributed by atoms with Gasteiger partial charge < -0.3 is 4.90 Å². The van der Waals surface area contributed by atoms with Crippen LogP contribution in [0.2, 0.25) is 0 Å². The number of hydrogen-bond acceptors (Lipinski definition) is 1. The van der Waals surface area contributed by atoms with E-state index in [0.717, 1.165) is 36.0 Å².